The lowest BCUT2D eigenvalue weighted by Crippen LogP contribution is -2.32. The number of carbonyl (C=O) groups is 2. The fourth-order valence-electron chi connectivity index (χ4n) is 1.52. The molecule has 88 valence electrons. The van der Waals surface area contributed by atoms with Crippen molar-refractivity contribution in [1.29, 1.82) is 0 Å². The van der Waals surface area contributed by atoms with Crippen molar-refractivity contribution in [2.45, 2.75) is 10.1 Å². The molecule has 0 aliphatic carbocycles. The standard InChI is InChI=1S/C12H11NO3S/c1-7(12(15)16-2)10-11(14)13-8-5-3-4-6-9(8)17-10/h3-6,10H,1H2,2H3,(H,13,14)/t10-/m1/s1. The van der Waals surface area contributed by atoms with Crippen molar-refractivity contribution in [3.63, 3.8) is 0 Å². The molecule has 17 heavy (non-hydrogen) atoms. The Morgan fingerprint density at radius 3 is 2.88 bits per heavy atom. The van der Waals surface area contributed by atoms with Gasteiger partial charge in [-0.15, -0.1) is 11.8 Å². The molecule has 1 N–H and O–H groups in total. The van der Waals surface area contributed by atoms with Gasteiger partial charge in [0.15, 0.2) is 0 Å². The van der Waals surface area contributed by atoms with Gasteiger partial charge in [-0.2, -0.15) is 0 Å². The van der Waals surface area contributed by atoms with E-state index < -0.39 is 11.2 Å². The Hall–Kier alpha value is -1.75. The molecule has 0 bridgehead atoms. The minimum absolute atomic E-state index is 0.157. The fourth-order valence-corrected chi connectivity index (χ4v) is 2.58. The van der Waals surface area contributed by atoms with Crippen LogP contribution in [-0.4, -0.2) is 24.2 Å². The lowest BCUT2D eigenvalue weighted by Gasteiger charge is -2.24. The molecule has 1 atom stereocenters. The highest BCUT2D eigenvalue weighted by Crippen LogP contribution is 2.37. The van der Waals surface area contributed by atoms with Crippen LogP contribution in [0.2, 0.25) is 0 Å². The zero-order chi connectivity index (χ0) is 12.4. The van der Waals surface area contributed by atoms with Crippen LogP contribution < -0.4 is 5.32 Å². The second kappa shape index (κ2) is 4.63. The molecule has 0 radical (unpaired) electrons. The highest BCUT2D eigenvalue weighted by Gasteiger charge is 2.32. The van der Waals surface area contributed by atoms with Gasteiger partial charge in [0, 0.05) is 4.90 Å². The summed E-state index contributed by atoms with van der Waals surface area (Å²) in [6.45, 7) is 3.62. The maximum atomic E-state index is 11.8. The molecule has 0 saturated carbocycles. The number of amides is 1. The minimum atomic E-state index is -0.627. The highest BCUT2D eigenvalue weighted by atomic mass is 32.2. The third-order valence-corrected chi connectivity index (χ3v) is 3.74. The number of ether oxygens (including phenoxy) is 1. The Labute approximate surface area is 103 Å². The quantitative estimate of drug-likeness (QED) is 0.641. The van der Waals surface area contributed by atoms with E-state index in [2.05, 4.69) is 16.6 Å². The Morgan fingerprint density at radius 2 is 2.18 bits per heavy atom. The van der Waals surface area contributed by atoms with Crippen molar-refractivity contribution in [2.24, 2.45) is 0 Å². The van der Waals surface area contributed by atoms with E-state index in [1.54, 1.807) is 0 Å². The number of methoxy groups -OCH3 is 1. The third-order valence-electron chi connectivity index (χ3n) is 2.39. The number of hydrogen-bond acceptors (Lipinski definition) is 4. The molecule has 0 unspecified atom stereocenters. The Kier molecular flexibility index (Phi) is 3.19. The Bertz CT molecular complexity index is 498. The van der Waals surface area contributed by atoms with E-state index in [1.165, 1.54) is 18.9 Å². The number of esters is 1. The van der Waals surface area contributed by atoms with Gasteiger partial charge >= 0.3 is 5.97 Å². The van der Waals surface area contributed by atoms with Crippen LogP contribution >= 0.6 is 11.8 Å². The number of benzene rings is 1. The maximum absolute atomic E-state index is 11.8. The first-order chi connectivity index (χ1) is 8.13. The van der Waals surface area contributed by atoms with E-state index in [0.717, 1.165) is 10.6 Å². The molecule has 0 saturated heterocycles. The smallest absolute Gasteiger partial charge is 0.334 e. The van der Waals surface area contributed by atoms with Crippen LogP contribution in [0.15, 0.2) is 41.3 Å². The molecule has 1 aromatic rings. The lowest BCUT2D eigenvalue weighted by atomic mass is 10.2. The molecular weight excluding hydrogens is 238 g/mol. The number of para-hydroxylation sites is 1. The number of rotatable bonds is 2. The molecule has 1 aliphatic rings. The van der Waals surface area contributed by atoms with Crippen LogP contribution in [0.4, 0.5) is 5.69 Å². The van der Waals surface area contributed by atoms with E-state index in [0.29, 0.717) is 0 Å². The summed E-state index contributed by atoms with van der Waals surface area (Å²) < 4.78 is 4.57. The van der Waals surface area contributed by atoms with Gasteiger partial charge in [0.2, 0.25) is 5.91 Å². The lowest BCUT2D eigenvalue weighted by molar-refractivity contribution is -0.136. The molecule has 2 rings (SSSR count). The van der Waals surface area contributed by atoms with E-state index in [9.17, 15) is 9.59 Å². The summed E-state index contributed by atoms with van der Waals surface area (Å²) in [6, 6.07) is 7.42. The van der Waals surface area contributed by atoms with Crippen LogP contribution in [0, 0.1) is 0 Å². The predicted molar refractivity (Wildman–Crippen MR) is 65.9 cm³/mol. The SMILES string of the molecule is C=C(C(=O)OC)[C@H]1Sc2ccccc2NC1=O. The topological polar surface area (TPSA) is 55.4 Å². The van der Waals surface area contributed by atoms with E-state index >= 15 is 0 Å². The van der Waals surface area contributed by atoms with E-state index in [4.69, 9.17) is 0 Å². The number of fused-ring (bicyclic) bond motifs is 1. The summed E-state index contributed by atoms with van der Waals surface area (Å²) in [7, 11) is 1.27. The second-order valence-corrected chi connectivity index (χ2v) is 4.65. The maximum Gasteiger partial charge on any atom is 0.334 e. The molecule has 0 aromatic heterocycles. The molecule has 4 nitrogen and oxygen atoms in total. The van der Waals surface area contributed by atoms with Crippen molar-refractivity contribution in [2.75, 3.05) is 12.4 Å². The van der Waals surface area contributed by atoms with Gasteiger partial charge in [0.25, 0.3) is 0 Å². The highest BCUT2D eigenvalue weighted by molar-refractivity contribution is 8.01. The monoisotopic (exact) mass is 249 g/mol. The summed E-state index contributed by atoms with van der Waals surface area (Å²) in [5.74, 6) is -0.805. The number of nitrogens with one attached hydrogen (secondary N) is 1. The predicted octanol–water partition coefficient (Wildman–Crippen LogP) is 1.83. The summed E-state index contributed by atoms with van der Waals surface area (Å²) in [5, 5.41) is 2.11. The minimum Gasteiger partial charge on any atom is -0.466 e. The summed E-state index contributed by atoms with van der Waals surface area (Å²) in [4.78, 5) is 24.1. The van der Waals surface area contributed by atoms with E-state index in [-0.39, 0.29) is 11.5 Å². The average molecular weight is 249 g/mol. The van der Waals surface area contributed by atoms with Crippen LogP contribution in [0.25, 0.3) is 0 Å². The molecule has 1 heterocycles. The fraction of sp³-hybridized carbons (Fsp3) is 0.167. The molecule has 1 aliphatic heterocycles. The van der Waals surface area contributed by atoms with Gasteiger partial charge < -0.3 is 10.1 Å². The number of carbonyl (C=O) groups excluding carboxylic acids is 2. The van der Waals surface area contributed by atoms with Crippen LogP contribution in [-0.2, 0) is 14.3 Å². The van der Waals surface area contributed by atoms with Crippen molar-refractivity contribution < 1.29 is 14.3 Å². The van der Waals surface area contributed by atoms with Crippen molar-refractivity contribution in [3.8, 4) is 0 Å². The van der Waals surface area contributed by atoms with Crippen LogP contribution in [0.1, 0.15) is 0 Å². The first-order valence-corrected chi connectivity index (χ1v) is 5.85. The van der Waals surface area contributed by atoms with Gasteiger partial charge in [-0.05, 0) is 12.1 Å². The second-order valence-electron chi connectivity index (χ2n) is 3.50. The summed E-state index contributed by atoms with van der Waals surface area (Å²) in [5.41, 5.74) is 0.918. The zero-order valence-electron chi connectivity index (χ0n) is 9.23. The number of thioether (sulfide) groups is 1. The van der Waals surface area contributed by atoms with Gasteiger partial charge in [-0.3, -0.25) is 4.79 Å². The van der Waals surface area contributed by atoms with Gasteiger partial charge in [-0.1, -0.05) is 18.7 Å². The molecule has 0 fully saturated rings. The van der Waals surface area contributed by atoms with Gasteiger partial charge in [0.1, 0.15) is 5.25 Å². The summed E-state index contributed by atoms with van der Waals surface area (Å²) >= 11 is 1.30. The van der Waals surface area contributed by atoms with Crippen molar-refractivity contribution in [3.05, 3.63) is 36.4 Å². The first-order valence-electron chi connectivity index (χ1n) is 4.97. The largest absolute Gasteiger partial charge is 0.466 e. The van der Waals surface area contributed by atoms with E-state index in [1.807, 2.05) is 24.3 Å². The third kappa shape index (κ3) is 2.19. The normalized spacial score (nSPS) is 17.9. The summed E-state index contributed by atoms with van der Waals surface area (Å²) in [6.07, 6.45) is 0. The molecular formula is C12H11NO3S. The number of hydrogen-bond donors (Lipinski definition) is 1. The van der Waals surface area contributed by atoms with Gasteiger partial charge in [0.05, 0.1) is 18.4 Å². The first kappa shape index (κ1) is 11.7. The molecule has 1 amide bonds. The van der Waals surface area contributed by atoms with Crippen molar-refractivity contribution >= 4 is 29.3 Å². The number of anilines is 1. The van der Waals surface area contributed by atoms with Crippen molar-refractivity contribution in [1.82, 2.24) is 0 Å². The van der Waals surface area contributed by atoms with Crippen LogP contribution in [0.3, 0.4) is 0 Å². The average Bonchev–Trinajstić information content (AvgIpc) is 2.36. The van der Waals surface area contributed by atoms with Crippen LogP contribution in [0.5, 0.6) is 0 Å². The molecule has 1 aromatic carbocycles. The Morgan fingerprint density at radius 1 is 1.47 bits per heavy atom. The Balaban J connectivity index is 2.26. The molecule has 5 heteroatoms. The molecule has 0 spiro atoms. The van der Waals surface area contributed by atoms with Gasteiger partial charge in [-0.25, -0.2) is 4.79 Å². The zero-order valence-corrected chi connectivity index (χ0v) is 10.0.